The summed E-state index contributed by atoms with van der Waals surface area (Å²) in [5.74, 6) is 0.942. The number of carbonyl (C=O) groups is 1. The molecule has 0 radical (unpaired) electrons. The van der Waals surface area contributed by atoms with E-state index in [0.717, 1.165) is 16.9 Å². The Morgan fingerprint density at radius 3 is 2.23 bits per heavy atom. The molecule has 0 saturated heterocycles. The van der Waals surface area contributed by atoms with E-state index in [-0.39, 0.29) is 11.5 Å². The zero-order valence-electron chi connectivity index (χ0n) is 17.1. The van der Waals surface area contributed by atoms with Crippen LogP contribution >= 0.6 is 0 Å². The van der Waals surface area contributed by atoms with E-state index in [2.05, 4.69) is 4.98 Å². The van der Waals surface area contributed by atoms with Gasteiger partial charge in [-0.15, -0.1) is 0 Å². The molecule has 0 atom stereocenters. The monoisotopic (exact) mass is 414 g/mol. The molecule has 0 spiro atoms. The van der Waals surface area contributed by atoms with Gasteiger partial charge in [0, 0.05) is 13.1 Å². The summed E-state index contributed by atoms with van der Waals surface area (Å²) in [6.45, 7) is 0.738. The molecule has 0 bridgehead atoms. The number of pyridine rings is 1. The summed E-state index contributed by atoms with van der Waals surface area (Å²) in [5.41, 5.74) is 2.07. The number of rotatable bonds is 7. The lowest BCUT2D eigenvalue weighted by Crippen LogP contribution is -2.34. The first-order valence-electron chi connectivity index (χ1n) is 9.87. The maximum Gasteiger partial charge on any atom is 0.261 e. The minimum absolute atomic E-state index is 0.0831. The molecule has 0 fully saturated rings. The smallest absolute Gasteiger partial charge is 0.261 e. The van der Waals surface area contributed by atoms with Gasteiger partial charge in [-0.1, -0.05) is 42.5 Å². The van der Waals surface area contributed by atoms with Gasteiger partial charge in [0.2, 0.25) is 0 Å². The Labute approximate surface area is 179 Å². The second kappa shape index (κ2) is 9.17. The molecule has 156 valence electrons. The number of ether oxygens (including phenoxy) is 1. The van der Waals surface area contributed by atoms with Crippen LogP contribution in [0.4, 0.5) is 0 Å². The highest BCUT2D eigenvalue weighted by molar-refractivity contribution is 5.94. The predicted octanol–water partition coefficient (Wildman–Crippen LogP) is 4.49. The van der Waals surface area contributed by atoms with E-state index in [1.165, 1.54) is 6.26 Å². The van der Waals surface area contributed by atoms with Gasteiger partial charge < -0.3 is 19.0 Å². The topological polar surface area (TPSA) is 75.5 Å². The minimum atomic E-state index is -0.452. The highest BCUT2D eigenvalue weighted by Crippen LogP contribution is 2.18. The van der Waals surface area contributed by atoms with E-state index in [9.17, 15) is 9.59 Å². The Morgan fingerprint density at radius 2 is 1.61 bits per heavy atom. The number of nitrogens with one attached hydrogen (secondary N) is 1. The predicted molar refractivity (Wildman–Crippen MR) is 118 cm³/mol. The Bertz CT molecular complexity index is 1200. The molecule has 31 heavy (non-hydrogen) atoms. The normalized spacial score (nSPS) is 10.6. The van der Waals surface area contributed by atoms with Crippen molar-refractivity contribution in [3.8, 4) is 17.2 Å². The standard InChI is InChI=1S/C25H22N2O4/c1-30-20-11-9-19(10-12-20)17-27(16-18-6-3-2-4-7-18)25(29)21-13-14-22(26-24(21)28)23-8-5-15-31-23/h2-15H,16-17H2,1H3,(H,26,28). The van der Waals surface area contributed by atoms with Gasteiger partial charge in [0.25, 0.3) is 11.5 Å². The van der Waals surface area contributed by atoms with Gasteiger partial charge in [-0.3, -0.25) is 9.59 Å². The van der Waals surface area contributed by atoms with Crippen LogP contribution < -0.4 is 10.3 Å². The fourth-order valence-corrected chi connectivity index (χ4v) is 3.34. The lowest BCUT2D eigenvalue weighted by molar-refractivity contribution is 0.0728. The van der Waals surface area contributed by atoms with Crippen LogP contribution in [0.25, 0.3) is 11.5 Å². The summed E-state index contributed by atoms with van der Waals surface area (Å²) >= 11 is 0. The first kappa shape index (κ1) is 20.2. The Morgan fingerprint density at radius 1 is 0.903 bits per heavy atom. The van der Waals surface area contributed by atoms with E-state index >= 15 is 0 Å². The van der Waals surface area contributed by atoms with E-state index in [0.29, 0.717) is 24.5 Å². The van der Waals surface area contributed by atoms with Gasteiger partial charge in [0.15, 0.2) is 0 Å². The molecule has 0 unspecified atom stereocenters. The molecule has 0 aliphatic carbocycles. The van der Waals surface area contributed by atoms with E-state index in [1.54, 1.807) is 36.3 Å². The molecule has 2 heterocycles. The van der Waals surface area contributed by atoms with Gasteiger partial charge in [0.1, 0.15) is 17.1 Å². The van der Waals surface area contributed by atoms with Crippen molar-refractivity contribution in [1.29, 1.82) is 0 Å². The zero-order chi connectivity index (χ0) is 21.6. The van der Waals surface area contributed by atoms with Crippen molar-refractivity contribution in [3.05, 3.63) is 112 Å². The zero-order valence-corrected chi connectivity index (χ0v) is 17.1. The molecule has 0 aliphatic rings. The lowest BCUT2D eigenvalue weighted by atomic mass is 10.1. The largest absolute Gasteiger partial charge is 0.497 e. The van der Waals surface area contributed by atoms with E-state index in [1.807, 2.05) is 54.6 Å². The van der Waals surface area contributed by atoms with Gasteiger partial charge >= 0.3 is 0 Å². The Hall–Kier alpha value is -4.06. The van der Waals surface area contributed by atoms with Crippen LogP contribution in [0.1, 0.15) is 21.5 Å². The number of methoxy groups -OCH3 is 1. The maximum absolute atomic E-state index is 13.4. The van der Waals surface area contributed by atoms with Crippen molar-refractivity contribution in [1.82, 2.24) is 9.88 Å². The number of aromatic nitrogens is 1. The number of amides is 1. The van der Waals surface area contributed by atoms with Crippen molar-refractivity contribution >= 4 is 5.91 Å². The van der Waals surface area contributed by atoms with Crippen LogP contribution in [0.2, 0.25) is 0 Å². The highest BCUT2D eigenvalue weighted by Gasteiger charge is 2.20. The van der Waals surface area contributed by atoms with Crippen molar-refractivity contribution < 1.29 is 13.9 Å². The Balaban J connectivity index is 1.63. The van der Waals surface area contributed by atoms with Gasteiger partial charge in [-0.05, 0) is 47.5 Å². The van der Waals surface area contributed by atoms with Gasteiger partial charge in [0.05, 0.1) is 19.1 Å². The minimum Gasteiger partial charge on any atom is -0.497 e. The molecular weight excluding hydrogens is 392 g/mol. The van der Waals surface area contributed by atoms with Crippen molar-refractivity contribution in [3.63, 3.8) is 0 Å². The van der Waals surface area contributed by atoms with Gasteiger partial charge in [-0.2, -0.15) is 0 Å². The number of hydrogen-bond acceptors (Lipinski definition) is 4. The fraction of sp³-hybridized carbons (Fsp3) is 0.120. The molecule has 6 nitrogen and oxygen atoms in total. The second-order valence-electron chi connectivity index (χ2n) is 7.09. The van der Waals surface area contributed by atoms with Crippen LogP contribution in [-0.4, -0.2) is 22.9 Å². The quantitative estimate of drug-likeness (QED) is 0.484. The first-order valence-corrected chi connectivity index (χ1v) is 9.87. The summed E-state index contributed by atoms with van der Waals surface area (Å²) in [6.07, 6.45) is 1.53. The number of aromatic amines is 1. The number of benzene rings is 2. The number of H-pyrrole nitrogens is 1. The molecule has 4 aromatic rings. The molecule has 1 N–H and O–H groups in total. The third-order valence-corrected chi connectivity index (χ3v) is 4.96. The molecule has 4 rings (SSSR count). The first-order chi connectivity index (χ1) is 15.1. The number of furan rings is 1. The fourth-order valence-electron chi connectivity index (χ4n) is 3.34. The number of nitrogens with zero attached hydrogens (tertiary/aromatic N) is 1. The molecule has 2 aromatic carbocycles. The molecule has 0 saturated carbocycles. The summed E-state index contributed by atoms with van der Waals surface area (Å²) in [4.78, 5) is 30.5. The van der Waals surface area contributed by atoms with Crippen molar-refractivity contribution in [2.45, 2.75) is 13.1 Å². The average Bonchev–Trinajstić information content (AvgIpc) is 3.34. The molecule has 6 heteroatoms. The Kier molecular flexibility index (Phi) is 5.98. The maximum atomic E-state index is 13.4. The van der Waals surface area contributed by atoms with E-state index < -0.39 is 5.56 Å². The van der Waals surface area contributed by atoms with Crippen LogP contribution in [0.3, 0.4) is 0 Å². The summed E-state index contributed by atoms with van der Waals surface area (Å²) in [5, 5.41) is 0. The van der Waals surface area contributed by atoms with Gasteiger partial charge in [-0.25, -0.2) is 0 Å². The molecule has 2 aromatic heterocycles. The summed E-state index contributed by atoms with van der Waals surface area (Å²) in [6, 6.07) is 23.9. The average molecular weight is 414 g/mol. The lowest BCUT2D eigenvalue weighted by Gasteiger charge is -2.23. The van der Waals surface area contributed by atoms with Crippen LogP contribution in [-0.2, 0) is 13.1 Å². The summed E-state index contributed by atoms with van der Waals surface area (Å²) in [7, 11) is 1.61. The van der Waals surface area contributed by atoms with Crippen molar-refractivity contribution in [2.75, 3.05) is 7.11 Å². The molecular formula is C25H22N2O4. The molecule has 0 aliphatic heterocycles. The number of carbonyl (C=O) groups excluding carboxylic acids is 1. The van der Waals surface area contributed by atoms with E-state index in [4.69, 9.17) is 9.15 Å². The number of hydrogen-bond donors (Lipinski definition) is 1. The van der Waals surface area contributed by atoms with Crippen LogP contribution in [0, 0.1) is 0 Å². The SMILES string of the molecule is COc1ccc(CN(Cc2ccccc2)C(=O)c2ccc(-c3ccco3)[nH]c2=O)cc1. The summed E-state index contributed by atoms with van der Waals surface area (Å²) < 4.78 is 10.5. The van der Waals surface area contributed by atoms with Crippen LogP contribution in [0.15, 0.2) is 94.3 Å². The van der Waals surface area contributed by atoms with Crippen molar-refractivity contribution in [2.24, 2.45) is 0 Å². The molecule has 1 amide bonds. The van der Waals surface area contributed by atoms with Crippen LogP contribution in [0.5, 0.6) is 5.75 Å². The second-order valence-corrected chi connectivity index (χ2v) is 7.09. The highest BCUT2D eigenvalue weighted by atomic mass is 16.5. The third-order valence-electron chi connectivity index (χ3n) is 4.96. The third kappa shape index (κ3) is 4.75.